The molecule has 0 saturated heterocycles. The summed E-state index contributed by atoms with van der Waals surface area (Å²) in [5.41, 5.74) is 0. The molecule has 1 aromatic rings. The Kier molecular flexibility index (Phi) is 8.27. The van der Waals surface area contributed by atoms with Crippen molar-refractivity contribution in [3.05, 3.63) is 48.8 Å². The molecule has 3 nitrogen and oxygen atoms in total. The average molecular weight is 455 g/mol. The summed E-state index contributed by atoms with van der Waals surface area (Å²) in [4.78, 5) is 12.7. The van der Waals surface area contributed by atoms with Crippen LogP contribution in [0.2, 0.25) is 0 Å². The molecule has 1 aromatic carbocycles. The normalized spacial score (nSPS) is 32.2. The van der Waals surface area contributed by atoms with E-state index in [0.717, 1.165) is 55.3 Å². The highest BCUT2D eigenvalue weighted by molar-refractivity contribution is 5.75. The first kappa shape index (κ1) is 24.0. The molecule has 0 heterocycles. The minimum Gasteiger partial charge on any atom is -0.489 e. The van der Waals surface area contributed by atoms with Gasteiger partial charge in [0.2, 0.25) is 0 Å². The zero-order valence-corrected chi connectivity index (χ0v) is 20.0. The quantitative estimate of drug-likeness (QED) is 0.243. The maximum atomic E-state index is 14.4. The van der Waals surface area contributed by atoms with Crippen molar-refractivity contribution in [3.8, 4) is 11.5 Å². The Balaban J connectivity index is 1.24. The highest BCUT2D eigenvalue weighted by Gasteiger charge is 2.39. The van der Waals surface area contributed by atoms with E-state index in [9.17, 15) is 9.18 Å². The Hall–Kier alpha value is -2.10. The van der Waals surface area contributed by atoms with Crippen molar-refractivity contribution in [3.63, 3.8) is 0 Å². The van der Waals surface area contributed by atoms with Gasteiger partial charge in [0.15, 0.2) is 11.6 Å². The molecule has 3 fully saturated rings. The number of ether oxygens (including phenoxy) is 2. The first-order valence-electron chi connectivity index (χ1n) is 12.9. The summed E-state index contributed by atoms with van der Waals surface area (Å²) in [7, 11) is 0. The number of benzene rings is 1. The van der Waals surface area contributed by atoms with Crippen LogP contribution in [-0.2, 0) is 4.79 Å². The number of hydrogen-bond acceptors (Lipinski definition) is 3. The third-order valence-corrected chi connectivity index (χ3v) is 8.50. The van der Waals surface area contributed by atoms with Crippen LogP contribution in [0.5, 0.6) is 11.5 Å². The van der Waals surface area contributed by atoms with Crippen molar-refractivity contribution in [2.24, 2.45) is 35.5 Å². The molecule has 0 aliphatic heterocycles. The molecule has 0 N–H and O–H groups in total. The predicted octanol–water partition coefficient (Wildman–Crippen LogP) is 7.51. The number of esters is 1. The summed E-state index contributed by atoms with van der Waals surface area (Å²) in [5.74, 6) is 3.54. The number of hydrogen-bond donors (Lipinski definition) is 0. The van der Waals surface area contributed by atoms with E-state index in [1.54, 1.807) is 6.07 Å². The molecule has 0 aromatic heterocycles. The van der Waals surface area contributed by atoms with Crippen molar-refractivity contribution in [2.75, 3.05) is 6.61 Å². The molecule has 3 aliphatic carbocycles. The third-order valence-electron chi connectivity index (χ3n) is 8.50. The second-order valence-corrected chi connectivity index (χ2v) is 10.4. The molecule has 3 aliphatic rings. The van der Waals surface area contributed by atoms with Crippen molar-refractivity contribution in [1.29, 1.82) is 0 Å². The number of allylic oxidation sites excluding steroid dienone is 2. The van der Waals surface area contributed by atoms with E-state index in [1.165, 1.54) is 50.7 Å². The van der Waals surface area contributed by atoms with E-state index in [-0.39, 0.29) is 17.6 Å². The molecule has 4 unspecified atom stereocenters. The van der Waals surface area contributed by atoms with Crippen LogP contribution in [0, 0.1) is 41.3 Å². The molecule has 4 rings (SSSR count). The van der Waals surface area contributed by atoms with Crippen LogP contribution in [-0.4, -0.2) is 12.6 Å². The minimum atomic E-state index is -0.557. The van der Waals surface area contributed by atoms with Crippen LogP contribution >= 0.6 is 0 Å². The molecule has 33 heavy (non-hydrogen) atoms. The van der Waals surface area contributed by atoms with Crippen LogP contribution in [0.4, 0.5) is 4.39 Å². The Morgan fingerprint density at radius 1 is 1.00 bits per heavy atom. The molecule has 4 atom stereocenters. The van der Waals surface area contributed by atoms with Crippen molar-refractivity contribution in [2.45, 2.75) is 71.1 Å². The second kappa shape index (κ2) is 11.4. The van der Waals surface area contributed by atoms with E-state index in [2.05, 4.69) is 12.7 Å². The van der Waals surface area contributed by atoms with Crippen LogP contribution in [0.25, 0.3) is 0 Å². The van der Waals surface area contributed by atoms with Gasteiger partial charge in [0.1, 0.15) is 12.4 Å². The molecular formula is C29H39FO3. The zero-order valence-electron chi connectivity index (χ0n) is 20.0. The first-order valence-corrected chi connectivity index (χ1v) is 12.9. The number of fused-ring (bicyclic) bond motifs is 1. The van der Waals surface area contributed by atoms with Gasteiger partial charge in [-0.2, -0.15) is 0 Å². The van der Waals surface area contributed by atoms with E-state index in [0.29, 0.717) is 12.4 Å². The number of carbonyl (C=O) groups is 1. The first-order chi connectivity index (χ1) is 16.1. The molecule has 0 spiro atoms. The van der Waals surface area contributed by atoms with Crippen molar-refractivity contribution in [1.82, 2.24) is 0 Å². The number of carbonyl (C=O) groups excluding carboxylic acids is 1. The van der Waals surface area contributed by atoms with Crippen molar-refractivity contribution >= 4 is 5.97 Å². The highest BCUT2D eigenvalue weighted by Crippen LogP contribution is 2.49. The lowest BCUT2D eigenvalue weighted by Crippen LogP contribution is -2.35. The SMILES string of the molecule is C=CC1CCC2CC(C3CCC(C(=O)Oc4ccc(OC/C=C/C)cc4F)CC3)CCC2C1. The third kappa shape index (κ3) is 6.07. The lowest BCUT2D eigenvalue weighted by molar-refractivity contribution is -0.140. The van der Waals surface area contributed by atoms with Gasteiger partial charge in [-0.3, -0.25) is 4.79 Å². The smallest absolute Gasteiger partial charge is 0.314 e. The van der Waals surface area contributed by atoms with Gasteiger partial charge in [0, 0.05) is 6.07 Å². The Morgan fingerprint density at radius 2 is 1.67 bits per heavy atom. The van der Waals surface area contributed by atoms with E-state index < -0.39 is 5.82 Å². The van der Waals surface area contributed by atoms with Gasteiger partial charge in [0.25, 0.3) is 0 Å². The summed E-state index contributed by atoms with van der Waals surface area (Å²) in [5, 5.41) is 0. The predicted molar refractivity (Wildman–Crippen MR) is 130 cm³/mol. The van der Waals surface area contributed by atoms with Gasteiger partial charge in [-0.25, -0.2) is 4.39 Å². The molecular weight excluding hydrogens is 415 g/mol. The second-order valence-electron chi connectivity index (χ2n) is 10.4. The van der Waals surface area contributed by atoms with Crippen LogP contribution in [0.1, 0.15) is 71.1 Å². The van der Waals surface area contributed by atoms with Gasteiger partial charge >= 0.3 is 5.97 Å². The molecule has 3 saturated carbocycles. The molecule has 0 amide bonds. The monoisotopic (exact) mass is 454 g/mol. The minimum absolute atomic E-state index is 0.00560. The Labute approximate surface area is 198 Å². The fourth-order valence-electron chi connectivity index (χ4n) is 6.52. The number of rotatable bonds is 7. The lowest BCUT2D eigenvalue weighted by Gasteiger charge is -2.45. The Bertz CT molecular complexity index is 839. The summed E-state index contributed by atoms with van der Waals surface area (Å²) in [6, 6.07) is 4.41. The molecule has 0 radical (unpaired) electrons. The maximum absolute atomic E-state index is 14.4. The maximum Gasteiger partial charge on any atom is 0.314 e. The number of halogens is 1. The van der Waals surface area contributed by atoms with E-state index >= 15 is 0 Å². The fraction of sp³-hybridized carbons (Fsp3) is 0.621. The van der Waals surface area contributed by atoms with Crippen LogP contribution in [0.3, 0.4) is 0 Å². The molecule has 0 bridgehead atoms. The standard InChI is InChI=1S/C29H39FO3/c1-3-5-16-32-26-14-15-28(27(30)19-26)33-29(31)22-10-8-21(9-11-22)24-13-12-23-17-20(4-2)6-7-25(23)18-24/h3-5,14-15,19-25H,2,6-13,16-18H2,1H3/b5-3+. The Morgan fingerprint density at radius 3 is 2.36 bits per heavy atom. The van der Waals surface area contributed by atoms with Gasteiger partial charge in [-0.1, -0.05) is 18.2 Å². The van der Waals surface area contributed by atoms with Gasteiger partial charge in [-0.15, -0.1) is 6.58 Å². The summed E-state index contributed by atoms with van der Waals surface area (Å²) >= 11 is 0. The average Bonchev–Trinajstić information content (AvgIpc) is 2.85. The fourth-order valence-corrected chi connectivity index (χ4v) is 6.52. The summed E-state index contributed by atoms with van der Waals surface area (Å²) in [6.07, 6.45) is 17.9. The lowest BCUT2D eigenvalue weighted by atomic mass is 9.61. The van der Waals surface area contributed by atoms with Crippen LogP contribution in [0.15, 0.2) is 43.0 Å². The van der Waals surface area contributed by atoms with Crippen molar-refractivity contribution < 1.29 is 18.7 Å². The summed E-state index contributed by atoms with van der Waals surface area (Å²) < 4.78 is 25.3. The molecule has 180 valence electrons. The topological polar surface area (TPSA) is 35.5 Å². The van der Waals surface area contributed by atoms with Crippen LogP contribution < -0.4 is 9.47 Å². The van der Waals surface area contributed by atoms with Gasteiger partial charge in [0.05, 0.1) is 5.92 Å². The van der Waals surface area contributed by atoms with E-state index in [4.69, 9.17) is 9.47 Å². The summed E-state index contributed by atoms with van der Waals surface area (Å²) in [6.45, 7) is 6.30. The molecule has 4 heteroatoms. The highest BCUT2D eigenvalue weighted by atomic mass is 19.1. The van der Waals surface area contributed by atoms with Gasteiger partial charge in [-0.05, 0) is 113 Å². The zero-order chi connectivity index (χ0) is 23.2. The van der Waals surface area contributed by atoms with Gasteiger partial charge < -0.3 is 9.47 Å². The largest absolute Gasteiger partial charge is 0.489 e. The van der Waals surface area contributed by atoms with E-state index in [1.807, 2.05) is 19.1 Å².